The summed E-state index contributed by atoms with van der Waals surface area (Å²) in [7, 11) is -0.712. The molecular formula is C23H21N5O6S2. The van der Waals surface area contributed by atoms with Gasteiger partial charge in [0.25, 0.3) is 5.56 Å². The standard InChI is InChI=1S/C23H21N5O6S2/c1-11-25-20(29)18-17(12-4-9-15(32-2)16(10-12)33-3)19-22(34-21(18)26-11)28-23(35-19)27-13-5-7-14(8-6-13)36(24,30)31/h4-10,17H,1-3H3,(H,27,28)(H2,24,30,31)(H,25,26,29). The molecule has 1 atom stereocenters. The first kappa shape index (κ1) is 23.8. The summed E-state index contributed by atoms with van der Waals surface area (Å²) in [5, 5.41) is 8.80. The lowest BCUT2D eigenvalue weighted by Crippen LogP contribution is -2.24. The molecule has 4 N–H and O–H groups in total. The third-order valence-corrected chi connectivity index (χ3v) is 7.52. The number of nitrogens with two attached hydrogens (primary N) is 1. The number of hydrogen-bond acceptors (Lipinski definition) is 10. The third kappa shape index (κ3) is 4.27. The summed E-state index contributed by atoms with van der Waals surface area (Å²) in [5.41, 5.74) is 1.40. The molecule has 1 aliphatic heterocycles. The molecule has 1 unspecified atom stereocenters. The highest BCUT2D eigenvalue weighted by molar-refractivity contribution is 7.89. The molecule has 5 rings (SSSR count). The molecule has 0 saturated carbocycles. The zero-order chi connectivity index (χ0) is 25.6. The summed E-state index contributed by atoms with van der Waals surface area (Å²) in [5.74, 6) is 1.44. The first-order valence-electron chi connectivity index (χ1n) is 10.6. The predicted octanol–water partition coefficient (Wildman–Crippen LogP) is 3.23. The number of anilines is 2. The van der Waals surface area contributed by atoms with E-state index in [0.717, 1.165) is 5.56 Å². The maximum Gasteiger partial charge on any atom is 0.258 e. The smallest absolute Gasteiger partial charge is 0.258 e. The van der Waals surface area contributed by atoms with Crippen LogP contribution < -0.4 is 30.2 Å². The Hall–Kier alpha value is -3.94. The fourth-order valence-electron chi connectivity index (χ4n) is 3.95. The first-order valence-corrected chi connectivity index (χ1v) is 13.0. The van der Waals surface area contributed by atoms with Crippen molar-refractivity contribution in [2.24, 2.45) is 5.14 Å². The van der Waals surface area contributed by atoms with Crippen molar-refractivity contribution >= 4 is 32.2 Å². The number of aryl methyl sites for hydroxylation is 1. The number of aromatic amines is 1. The monoisotopic (exact) mass is 527 g/mol. The van der Waals surface area contributed by atoms with E-state index in [-0.39, 0.29) is 16.3 Å². The molecular weight excluding hydrogens is 506 g/mol. The zero-order valence-electron chi connectivity index (χ0n) is 19.4. The number of ether oxygens (including phenoxy) is 3. The van der Waals surface area contributed by atoms with Crippen LogP contribution in [0.25, 0.3) is 0 Å². The van der Waals surface area contributed by atoms with Gasteiger partial charge >= 0.3 is 0 Å². The van der Waals surface area contributed by atoms with Gasteiger partial charge in [-0.15, -0.1) is 0 Å². The largest absolute Gasteiger partial charge is 0.493 e. The van der Waals surface area contributed by atoms with Crippen molar-refractivity contribution < 1.29 is 22.6 Å². The van der Waals surface area contributed by atoms with E-state index in [1.807, 2.05) is 6.07 Å². The molecule has 2 aromatic heterocycles. The summed E-state index contributed by atoms with van der Waals surface area (Å²) in [6.45, 7) is 1.67. The van der Waals surface area contributed by atoms with Crippen molar-refractivity contribution in [3.63, 3.8) is 0 Å². The Kier molecular flexibility index (Phi) is 5.90. The van der Waals surface area contributed by atoms with Crippen LogP contribution in [0.4, 0.5) is 10.8 Å². The highest BCUT2D eigenvalue weighted by Crippen LogP contribution is 2.49. The number of hydrogen-bond donors (Lipinski definition) is 3. The van der Waals surface area contributed by atoms with E-state index in [2.05, 4.69) is 20.3 Å². The molecule has 0 bridgehead atoms. The average molecular weight is 528 g/mol. The minimum absolute atomic E-state index is 0.000507. The van der Waals surface area contributed by atoms with E-state index < -0.39 is 15.9 Å². The molecule has 1 aliphatic rings. The minimum Gasteiger partial charge on any atom is -0.493 e. The molecule has 0 fully saturated rings. The van der Waals surface area contributed by atoms with Gasteiger partial charge in [0.05, 0.1) is 35.5 Å². The van der Waals surface area contributed by atoms with E-state index >= 15 is 0 Å². The normalized spacial score (nSPS) is 14.4. The molecule has 11 nitrogen and oxygen atoms in total. The Morgan fingerprint density at radius 2 is 1.78 bits per heavy atom. The number of primary sulfonamides is 1. The quantitative estimate of drug-likeness (QED) is 0.301. The topological polar surface area (TPSA) is 159 Å². The fourth-order valence-corrected chi connectivity index (χ4v) is 5.52. The van der Waals surface area contributed by atoms with E-state index in [9.17, 15) is 13.2 Å². The van der Waals surface area contributed by atoms with Gasteiger partial charge in [0.15, 0.2) is 16.6 Å². The molecule has 13 heteroatoms. The number of sulfonamides is 1. The van der Waals surface area contributed by atoms with E-state index in [0.29, 0.717) is 44.5 Å². The van der Waals surface area contributed by atoms with Crippen LogP contribution in [-0.2, 0) is 10.0 Å². The van der Waals surface area contributed by atoms with Crippen molar-refractivity contribution in [3.8, 4) is 23.3 Å². The number of thiazole rings is 1. The summed E-state index contributed by atoms with van der Waals surface area (Å²) in [4.78, 5) is 25.4. The summed E-state index contributed by atoms with van der Waals surface area (Å²) < 4.78 is 39.9. The fraction of sp³-hybridized carbons (Fsp3) is 0.174. The van der Waals surface area contributed by atoms with Gasteiger partial charge in [-0.3, -0.25) is 4.79 Å². The minimum atomic E-state index is -3.80. The molecule has 186 valence electrons. The van der Waals surface area contributed by atoms with Crippen molar-refractivity contribution in [1.29, 1.82) is 0 Å². The summed E-state index contributed by atoms with van der Waals surface area (Å²) >= 11 is 1.30. The molecule has 0 saturated heterocycles. The molecule has 3 heterocycles. The van der Waals surface area contributed by atoms with Gasteiger partial charge in [0.1, 0.15) is 5.82 Å². The van der Waals surface area contributed by atoms with Crippen LogP contribution in [0, 0.1) is 6.92 Å². The highest BCUT2D eigenvalue weighted by atomic mass is 32.2. The van der Waals surface area contributed by atoms with Crippen LogP contribution in [0.5, 0.6) is 23.3 Å². The number of H-pyrrole nitrogens is 1. The number of benzene rings is 2. The highest BCUT2D eigenvalue weighted by Gasteiger charge is 2.36. The first-order chi connectivity index (χ1) is 17.2. The molecule has 0 amide bonds. The van der Waals surface area contributed by atoms with Crippen LogP contribution in [0.3, 0.4) is 0 Å². The predicted molar refractivity (Wildman–Crippen MR) is 133 cm³/mol. The Morgan fingerprint density at radius 1 is 1.06 bits per heavy atom. The number of rotatable bonds is 6. The third-order valence-electron chi connectivity index (χ3n) is 5.58. The second-order valence-corrected chi connectivity index (χ2v) is 10.5. The molecule has 0 aliphatic carbocycles. The van der Waals surface area contributed by atoms with Gasteiger partial charge < -0.3 is 24.5 Å². The summed E-state index contributed by atoms with van der Waals surface area (Å²) in [6.07, 6.45) is 0. The zero-order valence-corrected chi connectivity index (χ0v) is 21.0. The van der Waals surface area contributed by atoms with Crippen LogP contribution >= 0.6 is 11.3 Å². The molecule has 36 heavy (non-hydrogen) atoms. The average Bonchev–Trinajstić information content (AvgIpc) is 3.23. The summed E-state index contributed by atoms with van der Waals surface area (Å²) in [6, 6.07) is 11.4. The Balaban J connectivity index is 1.60. The Morgan fingerprint density at radius 3 is 2.44 bits per heavy atom. The van der Waals surface area contributed by atoms with Crippen molar-refractivity contribution in [2.75, 3.05) is 19.5 Å². The second-order valence-electron chi connectivity index (χ2n) is 7.90. The van der Waals surface area contributed by atoms with Crippen LogP contribution in [-0.4, -0.2) is 37.6 Å². The Labute approximate surface area is 210 Å². The van der Waals surface area contributed by atoms with Crippen LogP contribution in [0.15, 0.2) is 52.2 Å². The lowest BCUT2D eigenvalue weighted by atomic mass is 9.89. The number of methoxy groups -OCH3 is 2. The number of aromatic nitrogens is 3. The molecule has 2 aromatic carbocycles. The van der Waals surface area contributed by atoms with Crippen molar-refractivity contribution in [3.05, 3.63) is 74.6 Å². The van der Waals surface area contributed by atoms with Crippen molar-refractivity contribution in [2.45, 2.75) is 17.7 Å². The van der Waals surface area contributed by atoms with Gasteiger partial charge in [-0.25, -0.2) is 13.6 Å². The lowest BCUT2D eigenvalue weighted by molar-refractivity contribution is 0.354. The van der Waals surface area contributed by atoms with E-state index in [1.165, 1.54) is 23.5 Å². The van der Waals surface area contributed by atoms with Crippen LogP contribution in [0.2, 0.25) is 0 Å². The van der Waals surface area contributed by atoms with Gasteiger partial charge in [0.2, 0.25) is 21.8 Å². The van der Waals surface area contributed by atoms with E-state index in [4.69, 9.17) is 19.3 Å². The number of nitrogens with zero attached hydrogens (tertiary/aromatic N) is 2. The second kappa shape index (κ2) is 8.93. The maximum absolute atomic E-state index is 13.0. The van der Waals surface area contributed by atoms with Gasteiger partial charge in [-0.05, 0) is 48.9 Å². The number of fused-ring (bicyclic) bond motifs is 2. The molecule has 4 aromatic rings. The van der Waals surface area contributed by atoms with Crippen molar-refractivity contribution in [1.82, 2.24) is 15.0 Å². The van der Waals surface area contributed by atoms with Crippen LogP contribution in [0.1, 0.15) is 27.7 Å². The van der Waals surface area contributed by atoms with Gasteiger partial charge in [-0.1, -0.05) is 17.4 Å². The SMILES string of the molecule is COc1ccc(C2c3sc(Nc4ccc(S(N)(=O)=O)cc4)nc3Oc3nc(C)[nH]c(=O)c32)cc1OC. The van der Waals surface area contributed by atoms with E-state index in [1.54, 1.807) is 45.4 Å². The maximum atomic E-state index is 13.0. The lowest BCUT2D eigenvalue weighted by Gasteiger charge is -2.24. The molecule has 0 radical (unpaired) electrons. The van der Waals surface area contributed by atoms with Gasteiger partial charge in [-0.2, -0.15) is 9.97 Å². The number of nitrogens with one attached hydrogen (secondary N) is 2. The Bertz CT molecular complexity index is 1630. The molecule has 0 spiro atoms. The van der Waals surface area contributed by atoms with Gasteiger partial charge in [0, 0.05) is 5.69 Å².